The summed E-state index contributed by atoms with van der Waals surface area (Å²) in [6.07, 6.45) is 3.29. The summed E-state index contributed by atoms with van der Waals surface area (Å²) in [7, 11) is 4.79. The molecule has 6 nitrogen and oxygen atoms in total. The first-order valence-corrected chi connectivity index (χ1v) is 6.60. The van der Waals surface area contributed by atoms with Crippen LogP contribution in [0, 0.1) is 0 Å². The Hall–Kier alpha value is -2.50. The molecule has 2 rings (SSSR count). The first-order chi connectivity index (χ1) is 10.2. The average Bonchev–Trinajstić information content (AvgIpc) is 2.54. The number of hydrogen-bond donors (Lipinski definition) is 1. The molecule has 0 atom stereocenters. The lowest BCUT2D eigenvalue weighted by Gasteiger charge is -2.15. The molecule has 0 fully saturated rings. The molecule has 1 aromatic heterocycles. The molecule has 0 bridgehead atoms. The van der Waals surface area contributed by atoms with Gasteiger partial charge in [0.15, 0.2) is 17.3 Å². The van der Waals surface area contributed by atoms with Crippen LogP contribution in [0.3, 0.4) is 0 Å². The summed E-state index contributed by atoms with van der Waals surface area (Å²) >= 11 is 0. The van der Waals surface area contributed by atoms with Crippen LogP contribution >= 0.6 is 0 Å². The van der Waals surface area contributed by atoms with E-state index < -0.39 is 0 Å². The fourth-order valence-electron chi connectivity index (χ4n) is 2.05. The van der Waals surface area contributed by atoms with Crippen LogP contribution in [-0.4, -0.2) is 37.8 Å². The predicted molar refractivity (Wildman–Crippen MR) is 81.3 cm³/mol. The summed E-state index contributed by atoms with van der Waals surface area (Å²) in [6, 6.07) is 3.61. The Balaban J connectivity index is 2.62. The minimum absolute atomic E-state index is 0.604. The Kier molecular flexibility index (Phi) is 4.81. The van der Waals surface area contributed by atoms with Crippen molar-refractivity contribution in [2.24, 2.45) is 0 Å². The van der Waals surface area contributed by atoms with E-state index in [4.69, 9.17) is 14.2 Å². The number of hydrogen-bond acceptors (Lipinski definition) is 6. The van der Waals surface area contributed by atoms with Gasteiger partial charge in [-0.2, -0.15) is 0 Å². The number of nitrogens with one attached hydrogen (secondary N) is 1. The molecule has 1 heterocycles. The number of benzene rings is 1. The molecule has 21 heavy (non-hydrogen) atoms. The fourth-order valence-corrected chi connectivity index (χ4v) is 2.05. The number of nitrogens with zero attached hydrogens (tertiary/aromatic N) is 2. The van der Waals surface area contributed by atoms with E-state index in [9.17, 15) is 0 Å². The van der Waals surface area contributed by atoms with Crippen LogP contribution in [0.15, 0.2) is 24.5 Å². The van der Waals surface area contributed by atoms with E-state index >= 15 is 0 Å². The third-order valence-corrected chi connectivity index (χ3v) is 3.00. The van der Waals surface area contributed by atoms with Crippen molar-refractivity contribution in [3.63, 3.8) is 0 Å². The lowest BCUT2D eigenvalue weighted by molar-refractivity contribution is 0.349. The zero-order chi connectivity index (χ0) is 15.2. The van der Waals surface area contributed by atoms with Crippen LogP contribution in [0.5, 0.6) is 17.2 Å². The van der Waals surface area contributed by atoms with Gasteiger partial charge in [0.2, 0.25) is 0 Å². The van der Waals surface area contributed by atoms with Crippen molar-refractivity contribution in [1.29, 1.82) is 0 Å². The summed E-state index contributed by atoms with van der Waals surface area (Å²) in [5.74, 6) is 2.56. The average molecular weight is 289 g/mol. The molecule has 1 N–H and O–H groups in total. The van der Waals surface area contributed by atoms with E-state index in [0.717, 1.165) is 12.1 Å². The van der Waals surface area contributed by atoms with Gasteiger partial charge in [0.25, 0.3) is 0 Å². The molecular formula is C15H19N3O3. The molecule has 112 valence electrons. The van der Waals surface area contributed by atoms with Crippen LogP contribution < -0.4 is 19.5 Å². The third kappa shape index (κ3) is 2.99. The number of ether oxygens (including phenoxy) is 3. The van der Waals surface area contributed by atoms with Crippen molar-refractivity contribution in [3.8, 4) is 28.5 Å². The molecule has 6 heteroatoms. The largest absolute Gasteiger partial charge is 0.496 e. The first kappa shape index (κ1) is 14.9. The van der Waals surface area contributed by atoms with E-state index in [0.29, 0.717) is 28.8 Å². The molecule has 1 aromatic carbocycles. The lowest BCUT2D eigenvalue weighted by Crippen LogP contribution is -2.03. The third-order valence-electron chi connectivity index (χ3n) is 3.00. The normalized spacial score (nSPS) is 10.1. The molecule has 2 aromatic rings. The van der Waals surface area contributed by atoms with Crippen LogP contribution in [0.1, 0.15) is 6.92 Å². The number of methoxy groups -OCH3 is 3. The van der Waals surface area contributed by atoms with Gasteiger partial charge in [0, 0.05) is 30.6 Å². The van der Waals surface area contributed by atoms with Crippen molar-refractivity contribution in [2.75, 3.05) is 33.2 Å². The molecule has 0 aliphatic rings. The Bertz CT molecular complexity index is 617. The van der Waals surface area contributed by atoms with Crippen molar-refractivity contribution in [1.82, 2.24) is 9.97 Å². The molecule has 0 saturated heterocycles. The van der Waals surface area contributed by atoms with Gasteiger partial charge in [0.1, 0.15) is 11.4 Å². The van der Waals surface area contributed by atoms with Gasteiger partial charge >= 0.3 is 0 Å². The number of rotatable bonds is 6. The molecule has 0 aliphatic carbocycles. The molecule has 0 radical (unpaired) electrons. The summed E-state index contributed by atoms with van der Waals surface area (Å²) in [5.41, 5.74) is 1.50. The first-order valence-electron chi connectivity index (χ1n) is 6.60. The number of anilines is 1. The predicted octanol–water partition coefficient (Wildman–Crippen LogP) is 2.60. The molecule has 0 saturated carbocycles. The number of aromatic nitrogens is 2. The monoisotopic (exact) mass is 289 g/mol. The van der Waals surface area contributed by atoms with Crippen molar-refractivity contribution >= 4 is 5.82 Å². The topological polar surface area (TPSA) is 65.5 Å². The standard InChI is InChI=1S/C15H19N3O3/c1-5-16-15-14(17-6-7-18-15)10-8-12(20-3)13(21-4)9-11(10)19-2/h6-9H,5H2,1-4H3,(H,16,18). The summed E-state index contributed by atoms with van der Waals surface area (Å²) in [4.78, 5) is 8.72. The van der Waals surface area contributed by atoms with E-state index in [1.54, 1.807) is 39.8 Å². The molecular weight excluding hydrogens is 270 g/mol. The SMILES string of the molecule is CCNc1nccnc1-c1cc(OC)c(OC)cc1OC. The fraction of sp³-hybridized carbons (Fsp3) is 0.333. The minimum atomic E-state index is 0.604. The highest BCUT2D eigenvalue weighted by atomic mass is 16.5. The van der Waals surface area contributed by atoms with E-state index in [-0.39, 0.29) is 0 Å². The second kappa shape index (κ2) is 6.78. The van der Waals surface area contributed by atoms with Gasteiger partial charge in [-0.1, -0.05) is 0 Å². The highest BCUT2D eigenvalue weighted by molar-refractivity contribution is 5.78. The maximum atomic E-state index is 5.44. The summed E-state index contributed by atoms with van der Waals surface area (Å²) in [6.45, 7) is 2.76. The Morgan fingerprint density at radius 3 is 2.14 bits per heavy atom. The highest BCUT2D eigenvalue weighted by Gasteiger charge is 2.17. The Morgan fingerprint density at radius 2 is 1.52 bits per heavy atom. The van der Waals surface area contributed by atoms with Gasteiger partial charge < -0.3 is 19.5 Å². The minimum Gasteiger partial charge on any atom is -0.496 e. The van der Waals surface area contributed by atoms with Gasteiger partial charge in [-0.3, -0.25) is 4.98 Å². The van der Waals surface area contributed by atoms with Gasteiger partial charge in [-0.05, 0) is 13.0 Å². The van der Waals surface area contributed by atoms with Gasteiger partial charge in [-0.15, -0.1) is 0 Å². The van der Waals surface area contributed by atoms with Crippen molar-refractivity contribution < 1.29 is 14.2 Å². The second-order valence-corrected chi connectivity index (χ2v) is 4.19. The quantitative estimate of drug-likeness (QED) is 0.881. The molecule has 0 unspecified atom stereocenters. The molecule has 0 spiro atoms. The van der Waals surface area contributed by atoms with E-state index in [1.807, 2.05) is 13.0 Å². The van der Waals surface area contributed by atoms with Crippen molar-refractivity contribution in [3.05, 3.63) is 24.5 Å². The lowest BCUT2D eigenvalue weighted by atomic mass is 10.1. The zero-order valence-corrected chi connectivity index (χ0v) is 12.6. The van der Waals surface area contributed by atoms with Crippen LogP contribution in [0.2, 0.25) is 0 Å². The van der Waals surface area contributed by atoms with Crippen molar-refractivity contribution in [2.45, 2.75) is 6.92 Å². The second-order valence-electron chi connectivity index (χ2n) is 4.19. The van der Waals surface area contributed by atoms with E-state index in [2.05, 4.69) is 15.3 Å². The van der Waals surface area contributed by atoms with Crippen LogP contribution in [0.25, 0.3) is 11.3 Å². The van der Waals surface area contributed by atoms with Gasteiger partial charge in [-0.25, -0.2) is 4.98 Å². The Morgan fingerprint density at radius 1 is 0.905 bits per heavy atom. The van der Waals surface area contributed by atoms with Gasteiger partial charge in [0.05, 0.1) is 21.3 Å². The maximum Gasteiger partial charge on any atom is 0.164 e. The highest BCUT2D eigenvalue weighted by Crippen LogP contribution is 2.40. The van der Waals surface area contributed by atoms with Crippen LogP contribution in [-0.2, 0) is 0 Å². The van der Waals surface area contributed by atoms with E-state index in [1.165, 1.54) is 0 Å². The summed E-state index contributed by atoms with van der Waals surface area (Å²) < 4.78 is 16.1. The Labute approximate surface area is 124 Å². The maximum absolute atomic E-state index is 5.44. The smallest absolute Gasteiger partial charge is 0.164 e. The molecule has 0 amide bonds. The van der Waals surface area contributed by atoms with Crippen LogP contribution in [0.4, 0.5) is 5.82 Å². The summed E-state index contributed by atoms with van der Waals surface area (Å²) in [5, 5.41) is 3.19. The molecule has 0 aliphatic heterocycles. The zero-order valence-electron chi connectivity index (χ0n) is 12.6.